The molecule has 32 heavy (non-hydrogen) atoms. The summed E-state index contributed by atoms with van der Waals surface area (Å²) in [6.45, 7) is 10.7. The number of carbonyl (C=O) groups is 3. The molecule has 180 valence electrons. The van der Waals surface area contributed by atoms with Gasteiger partial charge in [-0.3, -0.25) is 4.90 Å². The molecule has 1 atom stereocenters. The van der Waals surface area contributed by atoms with Gasteiger partial charge in [-0.1, -0.05) is 30.3 Å². The number of nitrogens with one attached hydrogen (secondary N) is 1. The van der Waals surface area contributed by atoms with Gasteiger partial charge in [0.1, 0.15) is 12.2 Å². The monoisotopic (exact) mass is 452 g/mol. The second-order valence-electron chi connectivity index (χ2n) is 9.12. The summed E-state index contributed by atoms with van der Waals surface area (Å²) in [5.41, 5.74) is -0.401. The first-order chi connectivity index (χ1) is 14.8. The van der Waals surface area contributed by atoms with Crippen LogP contribution in [0.4, 0.5) is 9.59 Å². The molecule has 9 heteroatoms. The first-order valence-electron chi connectivity index (χ1n) is 10.5. The quantitative estimate of drug-likeness (QED) is 0.452. The van der Waals surface area contributed by atoms with Crippen LogP contribution in [-0.4, -0.2) is 67.1 Å². The highest BCUT2D eigenvalue weighted by Crippen LogP contribution is 2.13. The Morgan fingerprint density at radius 1 is 1.00 bits per heavy atom. The average Bonchev–Trinajstić information content (AvgIpc) is 2.69. The van der Waals surface area contributed by atoms with Crippen LogP contribution in [0.2, 0.25) is 0 Å². The Balaban J connectivity index is 2.93. The maximum absolute atomic E-state index is 12.9. The van der Waals surface area contributed by atoms with Gasteiger partial charge in [0, 0.05) is 13.1 Å². The van der Waals surface area contributed by atoms with E-state index in [1.54, 1.807) is 20.8 Å². The lowest BCUT2D eigenvalue weighted by molar-refractivity contribution is -0.151. The van der Waals surface area contributed by atoms with E-state index in [0.717, 1.165) is 5.56 Å². The summed E-state index contributed by atoms with van der Waals surface area (Å²) in [7, 11) is 1.23. The minimum absolute atomic E-state index is 0.0138. The van der Waals surface area contributed by atoms with E-state index in [1.807, 2.05) is 51.1 Å². The maximum Gasteiger partial charge on any atom is 0.410 e. The Morgan fingerprint density at radius 2 is 1.62 bits per heavy atom. The molecule has 0 saturated heterocycles. The Hall–Kier alpha value is -2.81. The standard InChI is InChI=1S/C23H36N2O7/c1-22(2,3)31-16-18(19(26)29-7)25(14-13-24-20(27)32-23(4,5)6)21(28)30-15-17-11-9-8-10-12-17/h8-12,18H,13-16H2,1-7H3,(H,24,27)/t18-/m0/s1. The highest BCUT2D eigenvalue weighted by molar-refractivity contribution is 5.81. The molecule has 1 aromatic rings. The number of amides is 2. The lowest BCUT2D eigenvalue weighted by Gasteiger charge is -2.31. The second-order valence-corrected chi connectivity index (χ2v) is 9.12. The molecule has 0 fully saturated rings. The molecule has 0 unspecified atom stereocenters. The summed E-state index contributed by atoms with van der Waals surface area (Å²) >= 11 is 0. The predicted molar refractivity (Wildman–Crippen MR) is 119 cm³/mol. The normalized spacial score (nSPS) is 12.5. The molecule has 0 aliphatic rings. The molecular formula is C23H36N2O7. The number of hydrogen-bond donors (Lipinski definition) is 1. The Kier molecular flexibility index (Phi) is 10.5. The predicted octanol–water partition coefficient (Wildman–Crippen LogP) is 3.51. The van der Waals surface area contributed by atoms with E-state index in [-0.39, 0.29) is 26.3 Å². The molecule has 1 N–H and O–H groups in total. The van der Waals surface area contributed by atoms with Crippen LogP contribution in [0.5, 0.6) is 0 Å². The van der Waals surface area contributed by atoms with Crippen LogP contribution in [-0.2, 0) is 30.3 Å². The number of methoxy groups -OCH3 is 1. The second kappa shape index (κ2) is 12.3. The largest absolute Gasteiger partial charge is 0.467 e. The fourth-order valence-corrected chi connectivity index (χ4v) is 2.52. The van der Waals surface area contributed by atoms with Gasteiger partial charge < -0.3 is 24.3 Å². The van der Waals surface area contributed by atoms with Gasteiger partial charge in [0.15, 0.2) is 6.04 Å². The lowest BCUT2D eigenvalue weighted by atomic mass is 10.2. The van der Waals surface area contributed by atoms with Gasteiger partial charge in [0.05, 0.1) is 19.3 Å². The first kappa shape index (κ1) is 27.2. The van der Waals surface area contributed by atoms with Crippen molar-refractivity contribution in [2.75, 3.05) is 26.8 Å². The van der Waals surface area contributed by atoms with E-state index in [2.05, 4.69) is 5.32 Å². The summed E-state index contributed by atoms with van der Waals surface area (Å²) in [6.07, 6.45) is -1.36. The molecular weight excluding hydrogens is 416 g/mol. The van der Waals surface area contributed by atoms with Gasteiger partial charge in [0.2, 0.25) is 0 Å². The van der Waals surface area contributed by atoms with Gasteiger partial charge in [-0.25, -0.2) is 14.4 Å². The van der Waals surface area contributed by atoms with E-state index in [4.69, 9.17) is 18.9 Å². The zero-order chi connectivity index (χ0) is 24.4. The number of benzene rings is 1. The lowest BCUT2D eigenvalue weighted by Crippen LogP contribution is -2.52. The summed E-state index contributed by atoms with van der Waals surface area (Å²) < 4.78 is 21.2. The third kappa shape index (κ3) is 11.0. The molecule has 0 bridgehead atoms. The van der Waals surface area contributed by atoms with Crippen molar-refractivity contribution in [3.63, 3.8) is 0 Å². The maximum atomic E-state index is 12.9. The highest BCUT2D eigenvalue weighted by Gasteiger charge is 2.33. The minimum Gasteiger partial charge on any atom is -0.467 e. The molecule has 0 aliphatic carbocycles. The minimum atomic E-state index is -1.05. The number of rotatable bonds is 9. The highest BCUT2D eigenvalue weighted by atomic mass is 16.6. The topological polar surface area (TPSA) is 103 Å². The van der Waals surface area contributed by atoms with Crippen LogP contribution in [0.3, 0.4) is 0 Å². The Labute approximate surface area is 190 Å². The summed E-state index contributed by atoms with van der Waals surface area (Å²) in [4.78, 5) is 38.5. The van der Waals surface area contributed by atoms with Gasteiger partial charge in [0.25, 0.3) is 0 Å². The van der Waals surface area contributed by atoms with Gasteiger partial charge in [-0.15, -0.1) is 0 Å². The number of ether oxygens (including phenoxy) is 4. The first-order valence-corrected chi connectivity index (χ1v) is 10.5. The van der Waals surface area contributed by atoms with Crippen molar-refractivity contribution in [2.45, 2.75) is 65.4 Å². The van der Waals surface area contributed by atoms with Crippen molar-refractivity contribution >= 4 is 18.2 Å². The van der Waals surface area contributed by atoms with Crippen LogP contribution in [0, 0.1) is 0 Å². The molecule has 0 radical (unpaired) electrons. The van der Waals surface area contributed by atoms with Crippen molar-refractivity contribution in [3.8, 4) is 0 Å². The fourth-order valence-electron chi connectivity index (χ4n) is 2.52. The summed E-state index contributed by atoms with van der Waals surface area (Å²) in [5.74, 6) is -0.650. The van der Waals surface area contributed by atoms with Crippen molar-refractivity contribution in [3.05, 3.63) is 35.9 Å². The molecule has 0 saturated carbocycles. The summed E-state index contributed by atoms with van der Waals surface area (Å²) in [5, 5.41) is 2.58. The molecule has 0 spiro atoms. The third-order valence-electron chi connectivity index (χ3n) is 3.98. The van der Waals surface area contributed by atoms with E-state index in [0.29, 0.717) is 0 Å². The number of esters is 1. The van der Waals surface area contributed by atoms with Gasteiger partial charge in [-0.2, -0.15) is 0 Å². The van der Waals surface area contributed by atoms with Crippen LogP contribution >= 0.6 is 0 Å². The van der Waals surface area contributed by atoms with E-state index in [1.165, 1.54) is 12.0 Å². The van der Waals surface area contributed by atoms with Crippen molar-refractivity contribution in [1.82, 2.24) is 10.2 Å². The van der Waals surface area contributed by atoms with Crippen LogP contribution in [0.15, 0.2) is 30.3 Å². The van der Waals surface area contributed by atoms with E-state index < -0.39 is 35.4 Å². The Morgan fingerprint density at radius 3 is 2.16 bits per heavy atom. The molecule has 1 aromatic carbocycles. The molecule has 0 heterocycles. The number of carbonyl (C=O) groups excluding carboxylic acids is 3. The molecule has 0 aliphatic heterocycles. The van der Waals surface area contributed by atoms with Crippen molar-refractivity contribution in [1.29, 1.82) is 0 Å². The smallest absolute Gasteiger partial charge is 0.410 e. The molecule has 1 rings (SSSR count). The molecule has 2 amide bonds. The van der Waals surface area contributed by atoms with Gasteiger partial charge in [-0.05, 0) is 47.1 Å². The third-order valence-corrected chi connectivity index (χ3v) is 3.98. The van der Waals surface area contributed by atoms with E-state index in [9.17, 15) is 14.4 Å². The van der Waals surface area contributed by atoms with Crippen molar-refractivity contribution < 1.29 is 33.3 Å². The average molecular weight is 453 g/mol. The zero-order valence-corrected chi connectivity index (χ0v) is 20.1. The van der Waals surface area contributed by atoms with Gasteiger partial charge >= 0.3 is 18.2 Å². The number of alkyl carbamates (subject to hydrolysis) is 1. The summed E-state index contributed by atoms with van der Waals surface area (Å²) in [6, 6.07) is 8.12. The SMILES string of the molecule is COC(=O)[C@H](COC(C)(C)C)N(CCNC(=O)OC(C)(C)C)C(=O)OCc1ccccc1. The zero-order valence-electron chi connectivity index (χ0n) is 20.1. The van der Waals surface area contributed by atoms with Crippen molar-refractivity contribution in [2.24, 2.45) is 0 Å². The van der Waals surface area contributed by atoms with Crippen LogP contribution < -0.4 is 5.32 Å². The van der Waals surface area contributed by atoms with E-state index >= 15 is 0 Å². The van der Waals surface area contributed by atoms with Crippen LogP contribution in [0.25, 0.3) is 0 Å². The molecule has 9 nitrogen and oxygen atoms in total. The Bertz CT molecular complexity index is 739. The molecule has 0 aromatic heterocycles. The van der Waals surface area contributed by atoms with Crippen LogP contribution in [0.1, 0.15) is 47.1 Å². The number of nitrogens with zero attached hydrogens (tertiary/aromatic N) is 1. The fraction of sp³-hybridized carbons (Fsp3) is 0.609. The number of hydrogen-bond acceptors (Lipinski definition) is 7.